The number of imidazole rings is 1. The molecule has 0 spiro atoms. The van der Waals surface area contributed by atoms with Crippen LogP contribution in [-0.2, 0) is 4.74 Å². The van der Waals surface area contributed by atoms with Crippen molar-refractivity contribution in [2.24, 2.45) is 0 Å². The van der Waals surface area contributed by atoms with Gasteiger partial charge < -0.3 is 20.7 Å². The molecule has 0 amide bonds. The molecule has 19 heavy (non-hydrogen) atoms. The van der Waals surface area contributed by atoms with Crippen molar-refractivity contribution in [1.29, 1.82) is 0 Å². The van der Waals surface area contributed by atoms with Gasteiger partial charge in [0, 0.05) is 5.33 Å². The Morgan fingerprint density at radius 2 is 2.11 bits per heavy atom. The molecule has 1 aliphatic heterocycles. The van der Waals surface area contributed by atoms with Crippen molar-refractivity contribution in [2.75, 3.05) is 11.1 Å². The first kappa shape index (κ1) is 12.7. The number of nitrogens with two attached hydrogens (primary N) is 1. The number of hydrogen-bond acceptors (Lipinski definition) is 7. The molecule has 1 fully saturated rings. The summed E-state index contributed by atoms with van der Waals surface area (Å²) in [7, 11) is 0. The van der Waals surface area contributed by atoms with Gasteiger partial charge in [0.2, 0.25) is 0 Å². The van der Waals surface area contributed by atoms with Crippen LogP contribution in [0.15, 0.2) is 12.7 Å². The number of ether oxygens (including phenoxy) is 1. The zero-order valence-corrected chi connectivity index (χ0v) is 11.3. The van der Waals surface area contributed by atoms with Crippen LogP contribution in [0.4, 0.5) is 5.82 Å². The van der Waals surface area contributed by atoms with Crippen LogP contribution in [0, 0.1) is 0 Å². The monoisotopic (exact) mass is 329 g/mol. The van der Waals surface area contributed by atoms with E-state index >= 15 is 0 Å². The summed E-state index contributed by atoms with van der Waals surface area (Å²) >= 11 is 3.23. The van der Waals surface area contributed by atoms with E-state index < -0.39 is 24.5 Å². The number of hydrogen-bond donors (Lipinski definition) is 3. The van der Waals surface area contributed by atoms with E-state index in [4.69, 9.17) is 10.5 Å². The second-order valence-corrected chi connectivity index (χ2v) is 4.93. The maximum absolute atomic E-state index is 10.0. The van der Waals surface area contributed by atoms with E-state index in [-0.39, 0.29) is 5.82 Å². The number of nitrogens with zero attached hydrogens (tertiary/aromatic N) is 4. The highest BCUT2D eigenvalue weighted by atomic mass is 79.9. The average Bonchev–Trinajstić information content (AvgIpc) is 2.94. The molecule has 8 nitrogen and oxygen atoms in total. The molecule has 0 radical (unpaired) electrons. The number of aliphatic hydroxyl groups is 2. The first-order valence-electron chi connectivity index (χ1n) is 5.64. The number of aliphatic hydroxyl groups excluding tert-OH is 2. The Kier molecular flexibility index (Phi) is 3.13. The van der Waals surface area contributed by atoms with Crippen molar-refractivity contribution >= 4 is 32.9 Å². The van der Waals surface area contributed by atoms with Crippen LogP contribution < -0.4 is 5.73 Å². The lowest BCUT2D eigenvalue weighted by atomic mass is 10.1. The second-order valence-electron chi connectivity index (χ2n) is 4.28. The Balaban J connectivity index is 2.04. The minimum absolute atomic E-state index is 0.258. The van der Waals surface area contributed by atoms with E-state index in [2.05, 4.69) is 30.9 Å². The number of fused-ring (bicyclic) bond motifs is 1. The van der Waals surface area contributed by atoms with E-state index in [1.54, 1.807) is 4.57 Å². The highest BCUT2D eigenvalue weighted by Gasteiger charge is 2.43. The minimum Gasteiger partial charge on any atom is -0.387 e. The molecule has 102 valence electrons. The fourth-order valence-corrected chi connectivity index (χ4v) is 2.68. The molecule has 3 rings (SSSR count). The molecule has 1 saturated heterocycles. The zero-order chi connectivity index (χ0) is 13.6. The molecule has 3 heterocycles. The third-order valence-corrected chi connectivity index (χ3v) is 3.79. The predicted molar refractivity (Wildman–Crippen MR) is 69.5 cm³/mol. The Morgan fingerprint density at radius 3 is 2.79 bits per heavy atom. The smallest absolute Gasteiger partial charge is 0.167 e. The summed E-state index contributed by atoms with van der Waals surface area (Å²) in [6.07, 6.45) is -0.492. The molecule has 0 aliphatic carbocycles. The SMILES string of the molecule is Nc1ncnc2c1ncn2[C@@H]1O[C@H](CBr)C(O)C1O. The maximum Gasteiger partial charge on any atom is 0.167 e. The number of halogens is 1. The second kappa shape index (κ2) is 4.67. The molecule has 2 aromatic heterocycles. The van der Waals surface area contributed by atoms with Crippen LogP contribution in [0.25, 0.3) is 11.2 Å². The van der Waals surface area contributed by atoms with Gasteiger partial charge >= 0.3 is 0 Å². The van der Waals surface area contributed by atoms with Crippen LogP contribution in [-0.4, -0.2) is 53.4 Å². The Labute approximate surface area is 116 Å². The molecule has 2 aromatic rings. The molecule has 4 atom stereocenters. The Morgan fingerprint density at radius 1 is 1.32 bits per heavy atom. The standard InChI is InChI=1S/C10H12BrN5O3/c11-1-4-6(17)7(18)10(19-4)16-3-15-5-8(12)13-2-14-9(5)16/h2-4,6-7,10,17-18H,1H2,(H2,12,13,14)/t4-,6?,7?,10-/m1/s1. The first-order valence-corrected chi connectivity index (χ1v) is 6.76. The van der Waals surface area contributed by atoms with E-state index in [1.165, 1.54) is 12.7 Å². The average molecular weight is 330 g/mol. The summed E-state index contributed by atoms with van der Waals surface area (Å²) in [5.74, 6) is 0.258. The van der Waals surface area contributed by atoms with Crippen molar-refractivity contribution in [2.45, 2.75) is 24.5 Å². The van der Waals surface area contributed by atoms with E-state index in [0.717, 1.165) is 0 Å². The molecule has 0 bridgehead atoms. The molecular formula is C10H12BrN5O3. The lowest BCUT2D eigenvalue weighted by Gasteiger charge is -2.16. The minimum atomic E-state index is -1.06. The van der Waals surface area contributed by atoms with E-state index in [1.807, 2.05) is 0 Å². The summed E-state index contributed by atoms with van der Waals surface area (Å²) in [5, 5.41) is 20.3. The molecule has 0 saturated carbocycles. The van der Waals surface area contributed by atoms with Crippen LogP contribution in [0.1, 0.15) is 6.23 Å². The molecular weight excluding hydrogens is 318 g/mol. The Bertz CT molecular complexity index is 606. The lowest BCUT2D eigenvalue weighted by molar-refractivity contribution is -0.0286. The third-order valence-electron chi connectivity index (χ3n) is 3.15. The fourth-order valence-electron chi connectivity index (χ4n) is 2.14. The van der Waals surface area contributed by atoms with Crippen LogP contribution in [0.3, 0.4) is 0 Å². The van der Waals surface area contributed by atoms with Crippen molar-refractivity contribution in [3.05, 3.63) is 12.7 Å². The van der Waals surface area contributed by atoms with Gasteiger partial charge in [-0.25, -0.2) is 15.0 Å². The number of nitrogen functional groups attached to an aromatic ring is 1. The number of anilines is 1. The van der Waals surface area contributed by atoms with Gasteiger partial charge in [0.15, 0.2) is 17.7 Å². The van der Waals surface area contributed by atoms with E-state index in [9.17, 15) is 10.2 Å². The summed E-state index contributed by atoms with van der Waals surface area (Å²) in [4.78, 5) is 12.0. The van der Waals surface area contributed by atoms with Crippen molar-refractivity contribution in [3.63, 3.8) is 0 Å². The van der Waals surface area contributed by atoms with Gasteiger partial charge in [0.05, 0.1) is 12.4 Å². The van der Waals surface area contributed by atoms with E-state index in [0.29, 0.717) is 16.5 Å². The van der Waals surface area contributed by atoms with Gasteiger partial charge in [0.1, 0.15) is 24.1 Å². The molecule has 9 heteroatoms. The number of aromatic nitrogens is 4. The van der Waals surface area contributed by atoms with Gasteiger partial charge in [0.25, 0.3) is 0 Å². The number of alkyl halides is 1. The summed E-state index contributed by atoms with van der Waals surface area (Å²) in [6, 6.07) is 0. The van der Waals surface area contributed by atoms with Crippen LogP contribution >= 0.6 is 15.9 Å². The fraction of sp³-hybridized carbons (Fsp3) is 0.500. The Hall–Kier alpha value is -1.29. The largest absolute Gasteiger partial charge is 0.387 e. The number of rotatable bonds is 2. The summed E-state index contributed by atoms with van der Waals surface area (Å²) in [5.41, 5.74) is 6.59. The molecule has 4 N–H and O–H groups in total. The molecule has 0 aromatic carbocycles. The van der Waals surface area contributed by atoms with Crippen molar-refractivity contribution in [1.82, 2.24) is 19.5 Å². The van der Waals surface area contributed by atoms with Crippen LogP contribution in [0.2, 0.25) is 0 Å². The highest BCUT2D eigenvalue weighted by Crippen LogP contribution is 2.32. The van der Waals surface area contributed by atoms with Gasteiger partial charge in [-0.05, 0) is 0 Å². The predicted octanol–water partition coefficient (Wildman–Crippen LogP) is -0.577. The van der Waals surface area contributed by atoms with Crippen molar-refractivity contribution < 1.29 is 14.9 Å². The quantitative estimate of drug-likeness (QED) is 0.630. The van der Waals surface area contributed by atoms with Crippen LogP contribution in [0.5, 0.6) is 0 Å². The summed E-state index contributed by atoms with van der Waals surface area (Å²) in [6.45, 7) is 0. The topological polar surface area (TPSA) is 119 Å². The first-order chi connectivity index (χ1) is 9.13. The molecule has 1 aliphatic rings. The lowest BCUT2D eigenvalue weighted by Crippen LogP contribution is -2.32. The zero-order valence-electron chi connectivity index (χ0n) is 9.72. The van der Waals surface area contributed by atoms with Gasteiger partial charge in [-0.15, -0.1) is 0 Å². The normalized spacial score (nSPS) is 31.1. The third kappa shape index (κ3) is 1.89. The summed E-state index contributed by atoms with van der Waals surface area (Å²) < 4.78 is 7.15. The van der Waals surface area contributed by atoms with Gasteiger partial charge in [-0.2, -0.15) is 0 Å². The maximum atomic E-state index is 10.0. The van der Waals surface area contributed by atoms with Crippen molar-refractivity contribution in [3.8, 4) is 0 Å². The highest BCUT2D eigenvalue weighted by molar-refractivity contribution is 9.09. The van der Waals surface area contributed by atoms with Gasteiger partial charge in [-0.3, -0.25) is 4.57 Å². The van der Waals surface area contributed by atoms with Gasteiger partial charge in [-0.1, -0.05) is 15.9 Å². The molecule has 2 unspecified atom stereocenters.